The predicted octanol–water partition coefficient (Wildman–Crippen LogP) is 3.88. The first-order valence-electron chi connectivity index (χ1n) is 12.2. The van der Waals surface area contributed by atoms with Crippen LogP contribution in [0.5, 0.6) is 5.75 Å². The summed E-state index contributed by atoms with van der Waals surface area (Å²) in [6.07, 6.45) is 7.26. The number of nitrogens with one attached hydrogen (secondary N) is 1. The molecule has 0 aliphatic carbocycles. The quantitative estimate of drug-likeness (QED) is 0.264. The molecule has 34 heavy (non-hydrogen) atoms. The molecule has 0 saturated carbocycles. The zero-order valence-corrected chi connectivity index (χ0v) is 21.2. The number of thioether (sulfide) groups is 1. The second-order valence-corrected chi connectivity index (χ2v) is 9.64. The van der Waals surface area contributed by atoms with E-state index >= 15 is 0 Å². The van der Waals surface area contributed by atoms with Crippen molar-refractivity contribution in [3.63, 3.8) is 0 Å². The van der Waals surface area contributed by atoms with Gasteiger partial charge in [0.05, 0.1) is 6.54 Å². The summed E-state index contributed by atoms with van der Waals surface area (Å²) in [5, 5.41) is 11.3. The summed E-state index contributed by atoms with van der Waals surface area (Å²) in [6.45, 7) is 4.52. The minimum absolute atomic E-state index is 0.0797. The molecule has 0 spiro atoms. The van der Waals surface area contributed by atoms with Crippen LogP contribution in [0.4, 0.5) is 0 Å². The number of hydrogen-bond donors (Lipinski definition) is 2. The summed E-state index contributed by atoms with van der Waals surface area (Å²) in [7, 11) is 1.58. The summed E-state index contributed by atoms with van der Waals surface area (Å²) < 4.78 is 8.80. The van der Waals surface area contributed by atoms with Gasteiger partial charge >= 0.3 is 5.69 Å². The Bertz CT molecular complexity index is 1170. The van der Waals surface area contributed by atoms with Crippen LogP contribution >= 0.6 is 11.8 Å². The Balaban J connectivity index is 1.72. The number of nitrogens with zero attached hydrogens (tertiary/aromatic N) is 3. The second-order valence-electron chi connectivity index (χ2n) is 8.57. The van der Waals surface area contributed by atoms with Crippen LogP contribution in [0.2, 0.25) is 0 Å². The van der Waals surface area contributed by atoms with E-state index in [1.54, 1.807) is 23.4 Å². The van der Waals surface area contributed by atoms with Gasteiger partial charge in [-0.25, -0.2) is 9.78 Å². The smallest absolute Gasteiger partial charge is 0.329 e. The third-order valence-electron chi connectivity index (χ3n) is 5.87. The SMILES string of the molecule is CCCCCCCCSc1nc2c(c(=O)[nH]c(=O)n2C)n1CC(O)COc1ccc(CC)cc1. The van der Waals surface area contributed by atoms with E-state index in [2.05, 4.69) is 23.8 Å². The molecule has 0 radical (unpaired) electrons. The van der Waals surface area contributed by atoms with Crippen molar-refractivity contribution in [3.05, 3.63) is 50.7 Å². The highest BCUT2D eigenvalue weighted by atomic mass is 32.2. The number of hydrogen-bond acceptors (Lipinski definition) is 6. The number of fused-ring (bicyclic) bond motifs is 1. The molecule has 0 saturated heterocycles. The molecule has 0 aliphatic rings. The van der Waals surface area contributed by atoms with Crippen LogP contribution in [-0.4, -0.2) is 42.7 Å². The van der Waals surface area contributed by atoms with Crippen molar-refractivity contribution in [1.29, 1.82) is 0 Å². The first-order valence-corrected chi connectivity index (χ1v) is 13.1. The van der Waals surface area contributed by atoms with Crippen LogP contribution < -0.4 is 16.0 Å². The van der Waals surface area contributed by atoms with E-state index in [1.807, 2.05) is 24.3 Å². The Morgan fingerprint density at radius 1 is 1.09 bits per heavy atom. The van der Waals surface area contributed by atoms with Crippen molar-refractivity contribution in [3.8, 4) is 5.75 Å². The van der Waals surface area contributed by atoms with E-state index in [9.17, 15) is 14.7 Å². The molecule has 186 valence electrons. The molecule has 1 atom stereocenters. The second kappa shape index (κ2) is 12.8. The molecule has 9 heteroatoms. The van der Waals surface area contributed by atoms with Crippen molar-refractivity contribution in [2.75, 3.05) is 12.4 Å². The topological polar surface area (TPSA) is 102 Å². The number of aromatic nitrogens is 4. The number of aliphatic hydroxyl groups excluding tert-OH is 1. The number of rotatable bonds is 14. The largest absolute Gasteiger partial charge is 0.491 e. The van der Waals surface area contributed by atoms with E-state index in [0.29, 0.717) is 22.1 Å². The molecule has 3 rings (SSSR count). The van der Waals surface area contributed by atoms with Crippen molar-refractivity contribution in [1.82, 2.24) is 19.1 Å². The minimum atomic E-state index is -0.853. The van der Waals surface area contributed by atoms with Crippen LogP contribution in [0.3, 0.4) is 0 Å². The fraction of sp³-hybridized carbons (Fsp3) is 0.560. The van der Waals surface area contributed by atoms with Crippen molar-refractivity contribution in [2.24, 2.45) is 7.05 Å². The van der Waals surface area contributed by atoms with E-state index in [4.69, 9.17) is 4.74 Å². The highest BCUT2D eigenvalue weighted by molar-refractivity contribution is 7.99. The van der Waals surface area contributed by atoms with Crippen molar-refractivity contribution < 1.29 is 9.84 Å². The lowest BCUT2D eigenvalue weighted by Gasteiger charge is -2.15. The van der Waals surface area contributed by atoms with Gasteiger partial charge in [-0.15, -0.1) is 0 Å². The van der Waals surface area contributed by atoms with Gasteiger partial charge in [-0.2, -0.15) is 0 Å². The Labute approximate surface area is 204 Å². The lowest BCUT2D eigenvalue weighted by atomic mass is 10.1. The van der Waals surface area contributed by atoms with Crippen LogP contribution in [0.25, 0.3) is 11.2 Å². The van der Waals surface area contributed by atoms with Crippen LogP contribution in [0, 0.1) is 0 Å². The standard InChI is InChI=1S/C25H36N4O4S/c1-4-6-7-8-9-10-15-34-25-26-22-21(23(31)27-24(32)28(22)3)29(25)16-19(30)17-33-20-13-11-18(5-2)12-14-20/h11-14,19,30H,4-10,15-17H2,1-3H3,(H,27,31,32). The summed E-state index contributed by atoms with van der Waals surface area (Å²) in [6, 6.07) is 7.78. The van der Waals surface area contributed by atoms with Gasteiger partial charge in [0.1, 0.15) is 18.5 Å². The molecule has 1 unspecified atom stereocenters. The fourth-order valence-corrected chi connectivity index (χ4v) is 4.82. The van der Waals surface area contributed by atoms with Crippen LogP contribution in [0.15, 0.2) is 39.0 Å². The van der Waals surface area contributed by atoms with Crippen molar-refractivity contribution in [2.45, 2.75) is 76.6 Å². The molecule has 0 aliphatic heterocycles. The van der Waals surface area contributed by atoms with Gasteiger partial charge in [-0.3, -0.25) is 14.3 Å². The van der Waals surface area contributed by atoms with Gasteiger partial charge in [0.2, 0.25) is 0 Å². The fourth-order valence-electron chi connectivity index (χ4n) is 3.82. The first-order chi connectivity index (χ1) is 16.4. The van der Waals surface area contributed by atoms with E-state index in [-0.39, 0.29) is 13.2 Å². The zero-order chi connectivity index (χ0) is 24.5. The Kier molecular flexibility index (Phi) is 9.83. The Morgan fingerprint density at radius 3 is 2.50 bits per heavy atom. The van der Waals surface area contributed by atoms with Crippen molar-refractivity contribution >= 4 is 22.9 Å². The van der Waals surface area contributed by atoms with E-state index < -0.39 is 17.4 Å². The number of unbranched alkanes of at least 4 members (excludes halogenated alkanes) is 5. The molecule has 8 nitrogen and oxygen atoms in total. The monoisotopic (exact) mass is 488 g/mol. The number of ether oxygens (including phenoxy) is 1. The zero-order valence-electron chi connectivity index (χ0n) is 20.4. The summed E-state index contributed by atoms with van der Waals surface area (Å²) in [5.74, 6) is 1.54. The van der Waals surface area contributed by atoms with Gasteiger partial charge in [0.15, 0.2) is 16.3 Å². The molecule has 3 aromatic rings. The number of aliphatic hydroxyl groups is 1. The third-order valence-corrected chi connectivity index (χ3v) is 6.93. The predicted molar refractivity (Wildman–Crippen MR) is 137 cm³/mol. The van der Waals surface area contributed by atoms with Gasteiger partial charge in [0, 0.05) is 12.8 Å². The Morgan fingerprint density at radius 2 is 1.79 bits per heavy atom. The number of benzene rings is 1. The average molecular weight is 489 g/mol. The summed E-state index contributed by atoms with van der Waals surface area (Å²) in [5.41, 5.74) is 0.824. The highest BCUT2D eigenvalue weighted by Gasteiger charge is 2.20. The first kappa shape index (κ1) is 26.1. The molecule has 0 fully saturated rings. The van der Waals surface area contributed by atoms with Gasteiger partial charge in [-0.1, -0.05) is 69.8 Å². The molecule has 0 bridgehead atoms. The molecular weight excluding hydrogens is 452 g/mol. The minimum Gasteiger partial charge on any atom is -0.491 e. The number of aryl methyl sites for hydroxylation is 2. The molecule has 2 heterocycles. The number of H-pyrrole nitrogens is 1. The maximum atomic E-state index is 12.6. The Hall–Kier alpha value is -2.52. The van der Waals surface area contributed by atoms with E-state index in [0.717, 1.165) is 25.0 Å². The van der Waals surface area contributed by atoms with Crippen LogP contribution in [-0.2, 0) is 20.0 Å². The molecular formula is C25H36N4O4S. The normalized spacial score (nSPS) is 12.4. The van der Waals surface area contributed by atoms with Gasteiger partial charge < -0.3 is 14.4 Å². The third kappa shape index (κ3) is 6.76. The molecule has 0 amide bonds. The van der Waals surface area contributed by atoms with Gasteiger partial charge in [-0.05, 0) is 30.5 Å². The highest BCUT2D eigenvalue weighted by Crippen LogP contribution is 2.24. The number of aromatic amines is 1. The molecule has 2 aromatic heterocycles. The molecule has 2 N–H and O–H groups in total. The maximum absolute atomic E-state index is 12.6. The number of imidazole rings is 1. The van der Waals surface area contributed by atoms with E-state index in [1.165, 1.54) is 35.8 Å². The lowest BCUT2D eigenvalue weighted by Crippen LogP contribution is -2.30. The lowest BCUT2D eigenvalue weighted by molar-refractivity contribution is 0.0913. The van der Waals surface area contributed by atoms with Crippen LogP contribution in [0.1, 0.15) is 57.9 Å². The average Bonchev–Trinajstić information content (AvgIpc) is 3.19. The molecule has 1 aromatic carbocycles. The summed E-state index contributed by atoms with van der Waals surface area (Å²) in [4.78, 5) is 31.6. The summed E-state index contributed by atoms with van der Waals surface area (Å²) >= 11 is 1.55. The van der Waals surface area contributed by atoms with Gasteiger partial charge in [0.25, 0.3) is 5.56 Å². The maximum Gasteiger partial charge on any atom is 0.329 e.